The minimum atomic E-state index is -0.480. The van der Waals surface area contributed by atoms with E-state index >= 15 is 0 Å². The Morgan fingerprint density at radius 1 is 1.25 bits per heavy atom. The second-order valence-electron chi connectivity index (χ2n) is 6.31. The molecule has 1 amide bonds. The average molecular weight is 463 g/mol. The van der Waals surface area contributed by atoms with Gasteiger partial charge in [0.2, 0.25) is 0 Å². The van der Waals surface area contributed by atoms with Gasteiger partial charge in [0.15, 0.2) is 5.82 Å². The van der Waals surface area contributed by atoms with Gasteiger partial charge in [0, 0.05) is 29.7 Å². The zero-order chi connectivity index (χ0) is 19.7. The topological polar surface area (TPSA) is 79.8 Å². The van der Waals surface area contributed by atoms with Crippen LogP contribution in [0.2, 0.25) is 5.02 Å². The maximum Gasteiger partial charge on any atom is 0.255 e. The lowest BCUT2D eigenvalue weighted by molar-refractivity contribution is 0.0951. The van der Waals surface area contributed by atoms with Crippen LogP contribution >= 0.6 is 27.5 Å². The maximum atomic E-state index is 14.2. The van der Waals surface area contributed by atoms with E-state index < -0.39 is 5.82 Å². The smallest absolute Gasteiger partial charge is 0.255 e. The molecule has 1 saturated carbocycles. The molecule has 2 N–H and O–H groups in total. The maximum absolute atomic E-state index is 14.2. The predicted molar refractivity (Wildman–Crippen MR) is 108 cm³/mol. The quantitative estimate of drug-likeness (QED) is 0.573. The molecule has 2 heterocycles. The van der Waals surface area contributed by atoms with Gasteiger partial charge in [0.25, 0.3) is 5.91 Å². The molecule has 6 nitrogen and oxygen atoms in total. The third kappa shape index (κ3) is 4.13. The summed E-state index contributed by atoms with van der Waals surface area (Å²) in [5.74, 6) is -0.129. The molecule has 0 bridgehead atoms. The summed E-state index contributed by atoms with van der Waals surface area (Å²) in [5.41, 5.74) is 1.12. The molecular formula is C19H14BrClFN5O. The molecule has 1 aliphatic rings. The number of pyridine rings is 1. The Morgan fingerprint density at radius 3 is 2.86 bits per heavy atom. The van der Waals surface area contributed by atoms with Gasteiger partial charge in [-0.1, -0.05) is 11.6 Å². The summed E-state index contributed by atoms with van der Waals surface area (Å²) in [6.07, 6.45) is 6.55. The van der Waals surface area contributed by atoms with Crippen molar-refractivity contribution in [3.8, 4) is 11.4 Å². The highest BCUT2D eigenvalue weighted by Crippen LogP contribution is 2.30. The Balaban J connectivity index is 1.67. The average Bonchev–Trinajstić information content (AvgIpc) is 3.50. The van der Waals surface area contributed by atoms with Crippen LogP contribution < -0.4 is 10.6 Å². The molecule has 1 aromatic carbocycles. The highest BCUT2D eigenvalue weighted by atomic mass is 79.9. The molecule has 142 valence electrons. The molecule has 9 heteroatoms. The highest BCUT2D eigenvalue weighted by Gasteiger charge is 2.25. The third-order valence-electron chi connectivity index (χ3n) is 4.14. The van der Waals surface area contributed by atoms with Gasteiger partial charge >= 0.3 is 0 Å². The Hall–Kier alpha value is -2.58. The number of nitrogens with zero attached hydrogens (tertiary/aromatic N) is 3. The number of benzene rings is 1. The van der Waals surface area contributed by atoms with Crippen LogP contribution in [0.25, 0.3) is 11.4 Å². The first-order valence-corrected chi connectivity index (χ1v) is 9.68. The van der Waals surface area contributed by atoms with Crippen molar-refractivity contribution in [1.29, 1.82) is 0 Å². The Bertz CT molecular complexity index is 1060. The van der Waals surface area contributed by atoms with E-state index in [4.69, 9.17) is 11.6 Å². The summed E-state index contributed by atoms with van der Waals surface area (Å²) < 4.78 is 14.7. The first-order valence-electron chi connectivity index (χ1n) is 8.51. The number of rotatable bonds is 5. The number of halogens is 3. The lowest BCUT2D eigenvalue weighted by atomic mass is 10.2. The number of aromatic nitrogens is 3. The van der Waals surface area contributed by atoms with Gasteiger partial charge in [-0.2, -0.15) is 0 Å². The summed E-state index contributed by atoms with van der Waals surface area (Å²) in [7, 11) is 0. The number of hydrogen-bond acceptors (Lipinski definition) is 5. The predicted octanol–water partition coefficient (Wildman–Crippen LogP) is 4.73. The van der Waals surface area contributed by atoms with Crippen molar-refractivity contribution < 1.29 is 9.18 Å². The van der Waals surface area contributed by atoms with Crippen molar-refractivity contribution in [1.82, 2.24) is 20.3 Å². The zero-order valence-corrected chi connectivity index (χ0v) is 16.8. The SMILES string of the molecule is O=C(NC1CC1)c1cnccc1Nc1nc(-c2cc(Cl)ccc2F)ncc1Br. The number of carbonyl (C=O) groups excluding carboxylic acids is 1. The first-order chi connectivity index (χ1) is 13.5. The van der Waals surface area contributed by atoms with Crippen LogP contribution in [0, 0.1) is 5.82 Å². The highest BCUT2D eigenvalue weighted by molar-refractivity contribution is 9.10. The number of carbonyl (C=O) groups is 1. The molecular weight excluding hydrogens is 449 g/mol. The van der Waals surface area contributed by atoms with E-state index in [-0.39, 0.29) is 23.3 Å². The van der Waals surface area contributed by atoms with Crippen molar-refractivity contribution in [3.63, 3.8) is 0 Å². The largest absolute Gasteiger partial charge is 0.349 e. The van der Waals surface area contributed by atoms with Gasteiger partial charge in [-0.15, -0.1) is 0 Å². The zero-order valence-electron chi connectivity index (χ0n) is 14.4. The van der Waals surface area contributed by atoms with Crippen molar-refractivity contribution in [2.45, 2.75) is 18.9 Å². The van der Waals surface area contributed by atoms with E-state index in [1.165, 1.54) is 30.6 Å². The summed E-state index contributed by atoms with van der Waals surface area (Å²) in [6.45, 7) is 0. The van der Waals surface area contributed by atoms with Gasteiger partial charge in [-0.05, 0) is 53.0 Å². The number of amides is 1. The van der Waals surface area contributed by atoms with Crippen LogP contribution in [-0.4, -0.2) is 26.9 Å². The Kier molecular flexibility index (Phi) is 5.23. The van der Waals surface area contributed by atoms with E-state index in [9.17, 15) is 9.18 Å². The van der Waals surface area contributed by atoms with E-state index in [0.717, 1.165) is 12.8 Å². The lowest BCUT2D eigenvalue weighted by Gasteiger charge is -2.13. The number of anilines is 2. The number of nitrogens with one attached hydrogen (secondary N) is 2. The van der Waals surface area contributed by atoms with Crippen molar-refractivity contribution >= 4 is 44.9 Å². The Morgan fingerprint density at radius 2 is 2.07 bits per heavy atom. The van der Waals surface area contributed by atoms with E-state index in [1.54, 1.807) is 12.3 Å². The molecule has 0 unspecified atom stereocenters. The van der Waals surface area contributed by atoms with Crippen molar-refractivity contribution in [2.24, 2.45) is 0 Å². The second kappa shape index (κ2) is 7.81. The van der Waals surface area contributed by atoms with Gasteiger partial charge in [-0.25, -0.2) is 14.4 Å². The molecule has 3 aromatic rings. The Labute approximate surface area is 173 Å². The van der Waals surface area contributed by atoms with Gasteiger partial charge in [0.05, 0.1) is 21.3 Å². The molecule has 28 heavy (non-hydrogen) atoms. The molecule has 1 aliphatic carbocycles. The van der Waals surface area contributed by atoms with Crippen LogP contribution in [0.5, 0.6) is 0 Å². The normalized spacial score (nSPS) is 13.2. The first kappa shape index (κ1) is 18.8. The minimum absolute atomic E-state index is 0.170. The second-order valence-corrected chi connectivity index (χ2v) is 7.60. The van der Waals surface area contributed by atoms with Gasteiger partial charge < -0.3 is 10.6 Å². The molecule has 2 aromatic heterocycles. The standard InChI is InChI=1S/C19H14BrClFN5O/c20-14-9-24-17(12-7-10(21)1-4-15(12)22)27-18(14)26-16-5-6-23-8-13(16)19(28)25-11-2-3-11/h1,4-9,11H,2-3H2,(H,25,28)(H,23,24,26,27). The molecule has 0 atom stereocenters. The number of hydrogen-bond donors (Lipinski definition) is 2. The van der Waals surface area contributed by atoms with Crippen molar-refractivity contribution in [2.75, 3.05) is 5.32 Å². The van der Waals surface area contributed by atoms with Crippen LogP contribution in [0.3, 0.4) is 0 Å². The summed E-state index contributed by atoms with van der Waals surface area (Å²) in [4.78, 5) is 25.1. The van der Waals surface area contributed by atoms with E-state index in [1.807, 2.05) is 0 Å². The fraction of sp³-hybridized carbons (Fsp3) is 0.158. The third-order valence-corrected chi connectivity index (χ3v) is 4.96. The molecule has 0 spiro atoms. The van der Waals surface area contributed by atoms with Crippen LogP contribution in [-0.2, 0) is 0 Å². The van der Waals surface area contributed by atoms with Crippen LogP contribution in [0.4, 0.5) is 15.9 Å². The molecule has 0 saturated heterocycles. The fourth-order valence-electron chi connectivity index (χ4n) is 2.56. The fourth-order valence-corrected chi connectivity index (χ4v) is 3.02. The monoisotopic (exact) mass is 461 g/mol. The lowest BCUT2D eigenvalue weighted by Crippen LogP contribution is -2.26. The molecule has 0 aliphatic heterocycles. The summed E-state index contributed by atoms with van der Waals surface area (Å²) in [6, 6.07) is 6.09. The van der Waals surface area contributed by atoms with E-state index in [2.05, 4.69) is 41.5 Å². The van der Waals surface area contributed by atoms with Crippen molar-refractivity contribution in [3.05, 3.63) is 63.7 Å². The van der Waals surface area contributed by atoms with Gasteiger partial charge in [0.1, 0.15) is 11.6 Å². The molecule has 1 fully saturated rings. The van der Waals surface area contributed by atoms with E-state index in [0.29, 0.717) is 26.6 Å². The molecule has 4 rings (SSSR count). The minimum Gasteiger partial charge on any atom is -0.349 e. The van der Waals surface area contributed by atoms with Gasteiger partial charge in [-0.3, -0.25) is 9.78 Å². The summed E-state index contributed by atoms with van der Waals surface area (Å²) in [5, 5.41) is 6.42. The van der Waals surface area contributed by atoms with Crippen LogP contribution in [0.1, 0.15) is 23.2 Å². The summed E-state index contributed by atoms with van der Waals surface area (Å²) >= 11 is 9.35. The van der Waals surface area contributed by atoms with Crippen LogP contribution in [0.15, 0.2) is 47.3 Å². The molecule has 0 radical (unpaired) electrons.